The fraction of sp³-hybridized carbons (Fsp3) is 0.489. The van der Waals surface area contributed by atoms with Gasteiger partial charge in [-0.15, -0.1) is 0 Å². The van der Waals surface area contributed by atoms with Crippen molar-refractivity contribution in [1.82, 2.24) is 21.0 Å². The number of methoxy groups -OCH3 is 1. The molecule has 3 N–H and O–H groups in total. The van der Waals surface area contributed by atoms with Crippen molar-refractivity contribution in [2.24, 2.45) is 5.92 Å². The standard InChI is InChI=1S/C47H63BN4O15/c1-7-11-14-17-32(35(10-4)52(29-53)67-47(60)42-30(5)16-15-18-37(42)61-6)43(56)49-28-50-45(58)38-22-21-36(65-38)31-19-20-33(39(25-31)64-27-41(55)62-23-12-8-2)44(57)51-34(26-40(54)66-48)46(59)63-24-13-9-3/h15-16,18-22,25,29,32,34-35H,7-14,17,23-24,26-28,48H2,1-6H3,(H,49,56)(H,50,58)(H,51,57)/t32-,34+,35-/m1/s1. The molecule has 0 fully saturated rings. The van der Waals surface area contributed by atoms with E-state index in [0.717, 1.165) is 38.8 Å². The number of ether oxygens (including phenoxy) is 4. The summed E-state index contributed by atoms with van der Waals surface area (Å²) >= 11 is 0. The molecule has 3 rings (SSSR count). The normalized spacial score (nSPS) is 12.0. The van der Waals surface area contributed by atoms with E-state index in [4.69, 9.17) is 32.9 Å². The average Bonchev–Trinajstić information content (AvgIpc) is 3.83. The SMILES string of the molecule is BOC(=O)C[C@H](NC(=O)c1ccc(-c2ccc(C(=O)NCNC(=O)[C@H](CCCCC)[C@@H](CC)N(C=O)OC(=O)c3c(C)cccc3OC)o2)cc1OCC(=O)OCCCC)C(=O)OCCCC. The highest BCUT2D eigenvalue weighted by molar-refractivity contribution is 6.06. The fourth-order valence-electron chi connectivity index (χ4n) is 6.77. The van der Waals surface area contributed by atoms with Crippen LogP contribution in [-0.4, -0.2) is 107 Å². The van der Waals surface area contributed by atoms with Gasteiger partial charge in [-0.25, -0.2) is 14.4 Å². The number of hydroxylamine groups is 2. The molecule has 20 heteroatoms. The number of nitrogens with zero attached hydrogens (tertiary/aromatic N) is 1. The minimum absolute atomic E-state index is 0.0800. The minimum atomic E-state index is -1.40. The number of benzene rings is 2. The molecule has 0 aliphatic heterocycles. The number of esters is 2. The number of nitrogens with one attached hydrogen (secondary N) is 3. The molecule has 3 aromatic rings. The van der Waals surface area contributed by atoms with Gasteiger partial charge < -0.3 is 48.8 Å². The second-order valence-corrected chi connectivity index (χ2v) is 15.4. The number of aryl methyl sites for hydroxylation is 1. The Balaban J connectivity index is 1.80. The molecule has 0 saturated carbocycles. The smallest absolute Gasteiger partial charge is 0.367 e. The fourth-order valence-corrected chi connectivity index (χ4v) is 6.77. The van der Waals surface area contributed by atoms with Crippen molar-refractivity contribution in [1.29, 1.82) is 0 Å². The van der Waals surface area contributed by atoms with E-state index in [-0.39, 0.29) is 60.4 Å². The van der Waals surface area contributed by atoms with Crippen LogP contribution in [-0.2, 0) is 42.9 Å². The number of carbonyl (C=O) groups excluding carboxylic acids is 8. The first-order valence-corrected chi connectivity index (χ1v) is 22.5. The molecule has 1 heterocycles. The molecule has 1 aromatic heterocycles. The van der Waals surface area contributed by atoms with Gasteiger partial charge in [-0.05, 0) is 68.5 Å². The number of unbranched alkanes of at least 4 members (excludes halogenated alkanes) is 4. The van der Waals surface area contributed by atoms with Crippen LogP contribution in [0.5, 0.6) is 11.5 Å². The molecule has 67 heavy (non-hydrogen) atoms. The Hall–Kier alpha value is -6.86. The molecule has 0 aliphatic rings. The van der Waals surface area contributed by atoms with Crippen molar-refractivity contribution in [3.05, 3.63) is 71.0 Å². The maximum Gasteiger partial charge on any atom is 0.367 e. The van der Waals surface area contributed by atoms with Crippen molar-refractivity contribution in [3.8, 4) is 22.8 Å². The van der Waals surface area contributed by atoms with Crippen LogP contribution in [0.4, 0.5) is 0 Å². The van der Waals surface area contributed by atoms with Gasteiger partial charge in [-0.1, -0.05) is 78.0 Å². The second-order valence-electron chi connectivity index (χ2n) is 15.4. The van der Waals surface area contributed by atoms with Gasteiger partial charge in [0.05, 0.1) is 50.9 Å². The molecule has 3 atom stereocenters. The first-order chi connectivity index (χ1) is 32.3. The average molecular weight is 935 g/mol. The van der Waals surface area contributed by atoms with Crippen LogP contribution in [0.3, 0.4) is 0 Å². The zero-order valence-electron chi connectivity index (χ0n) is 39.4. The van der Waals surface area contributed by atoms with E-state index >= 15 is 0 Å². The highest BCUT2D eigenvalue weighted by atomic mass is 16.7. The lowest BCUT2D eigenvalue weighted by Gasteiger charge is -2.32. The van der Waals surface area contributed by atoms with Crippen LogP contribution < -0.4 is 25.4 Å². The Kier molecular flexibility index (Phi) is 23.5. The molecule has 0 aliphatic carbocycles. The summed E-state index contributed by atoms with van der Waals surface area (Å²) in [5, 5.41) is 8.65. The van der Waals surface area contributed by atoms with Crippen molar-refractivity contribution in [2.75, 3.05) is 33.6 Å². The number of hydrogen-bond donors (Lipinski definition) is 3. The van der Waals surface area contributed by atoms with Gasteiger partial charge in [0.1, 0.15) is 28.9 Å². The van der Waals surface area contributed by atoms with Crippen LogP contribution in [0.15, 0.2) is 52.9 Å². The van der Waals surface area contributed by atoms with Crippen LogP contribution in [0.2, 0.25) is 0 Å². The van der Waals surface area contributed by atoms with Crippen LogP contribution >= 0.6 is 0 Å². The Morgan fingerprint density at radius 3 is 2.19 bits per heavy atom. The summed E-state index contributed by atoms with van der Waals surface area (Å²) in [5.74, 6) is -5.79. The van der Waals surface area contributed by atoms with Crippen LogP contribution in [0.1, 0.15) is 129 Å². The molecule has 364 valence electrons. The Labute approximate surface area is 391 Å². The second kappa shape index (κ2) is 28.9. The van der Waals surface area contributed by atoms with E-state index in [0.29, 0.717) is 43.2 Å². The van der Waals surface area contributed by atoms with Crippen LogP contribution in [0.25, 0.3) is 11.3 Å². The van der Waals surface area contributed by atoms with E-state index in [1.54, 1.807) is 32.0 Å². The van der Waals surface area contributed by atoms with E-state index in [1.165, 1.54) is 37.4 Å². The van der Waals surface area contributed by atoms with Gasteiger partial charge >= 0.3 is 26.0 Å². The van der Waals surface area contributed by atoms with E-state index < -0.39 is 72.6 Å². The molecular formula is C47H63BN4O15. The highest BCUT2D eigenvalue weighted by Crippen LogP contribution is 2.30. The van der Waals surface area contributed by atoms with E-state index in [9.17, 15) is 38.4 Å². The third-order valence-corrected chi connectivity index (χ3v) is 10.5. The summed E-state index contributed by atoms with van der Waals surface area (Å²) < 4.78 is 32.1. The maximum absolute atomic E-state index is 13.7. The summed E-state index contributed by atoms with van der Waals surface area (Å²) in [6.07, 6.45) is 5.52. The van der Waals surface area contributed by atoms with Gasteiger partial charge in [-0.2, -0.15) is 5.06 Å². The molecule has 4 amide bonds. The number of rotatable bonds is 30. The highest BCUT2D eigenvalue weighted by Gasteiger charge is 2.34. The minimum Gasteiger partial charge on any atom is -0.543 e. The summed E-state index contributed by atoms with van der Waals surface area (Å²) in [6.45, 7) is 8.66. The Morgan fingerprint density at radius 1 is 0.821 bits per heavy atom. The van der Waals surface area contributed by atoms with Crippen molar-refractivity contribution >= 4 is 56.1 Å². The molecule has 2 aromatic carbocycles. The number of hydrogen-bond acceptors (Lipinski definition) is 15. The predicted octanol–water partition coefficient (Wildman–Crippen LogP) is 4.92. The van der Waals surface area contributed by atoms with Gasteiger partial charge in [0, 0.05) is 5.56 Å². The molecular weight excluding hydrogens is 871 g/mol. The zero-order chi connectivity index (χ0) is 49.3. The lowest BCUT2D eigenvalue weighted by atomic mass is 9.90. The van der Waals surface area contributed by atoms with Crippen molar-refractivity contribution in [3.63, 3.8) is 0 Å². The largest absolute Gasteiger partial charge is 0.543 e. The molecule has 0 spiro atoms. The third-order valence-electron chi connectivity index (χ3n) is 10.5. The monoisotopic (exact) mass is 934 g/mol. The summed E-state index contributed by atoms with van der Waals surface area (Å²) in [5.41, 5.74) is 0.923. The Bertz CT molecular complexity index is 2140. The molecule has 0 bridgehead atoms. The summed E-state index contributed by atoms with van der Waals surface area (Å²) in [6, 6.07) is 9.88. The number of furan rings is 1. The maximum atomic E-state index is 13.7. The number of amides is 4. The first kappa shape index (κ1) is 54.5. The predicted molar refractivity (Wildman–Crippen MR) is 245 cm³/mol. The third kappa shape index (κ3) is 16.8. The lowest BCUT2D eigenvalue weighted by Crippen LogP contribution is -2.49. The van der Waals surface area contributed by atoms with E-state index in [1.807, 2.05) is 20.8 Å². The summed E-state index contributed by atoms with van der Waals surface area (Å²) in [4.78, 5) is 109. The van der Waals surface area contributed by atoms with Gasteiger partial charge in [-0.3, -0.25) is 24.0 Å². The Morgan fingerprint density at radius 2 is 1.54 bits per heavy atom. The number of carbonyl (C=O) groups is 8. The first-order valence-electron chi connectivity index (χ1n) is 22.5. The van der Waals surface area contributed by atoms with Crippen molar-refractivity contribution < 1.29 is 71.2 Å². The topological polar surface area (TPSA) is 244 Å². The summed E-state index contributed by atoms with van der Waals surface area (Å²) in [7, 11) is 2.55. The van der Waals surface area contributed by atoms with E-state index in [2.05, 4.69) is 16.0 Å². The molecule has 19 nitrogen and oxygen atoms in total. The zero-order valence-corrected chi connectivity index (χ0v) is 39.4. The molecule has 0 saturated heterocycles. The van der Waals surface area contributed by atoms with Crippen molar-refractivity contribution in [2.45, 2.75) is 111 Å². The quantitative estimate of drug-likeness (QED) is 0.0201. The van der Waals surface area contributed by atoms with Gasteiger partial charge in [0.25, 0.3) is 17.8 Å². The lowest BCUT2D eigenvalue weighted by molar-refractivity contribution is -0.171. The molecule has 0 unspecified atom stereocenters. The van der Waals surface area contributed by atoms with Gasteiger partial charge in [0.15, 0.2) is 12.4 Å². The van der Waals surface area contributed by atoms with Gasteiger partial charge in [0.2, 0.25) is 12.3 Å². The molecule has 0 radical (unpaired) electrons. The van der Waals surface area contributed by atoms with Crippen LogP contribution in [0, 0.1) is 12.8 Å².